The van der Waals surface area contributed by atoms with Gasteiger partial charge in [-0.3, -0.25) is 9.97 Å². The maximum absolute atomic E-state index is 6.03. The molecule has 2 rings (SSSR count). The lowest BCUT2D eigenvalue weighted by molar-refractivity contribution is 0.262. The van der Waals surface area contributed by atoms with Crippen LogP contribution in [-0.2, 0) is 10.8 Å². The van der Waals surface area contributed by atoms with Crippen molar-refractivity contribution in [2.75, 3.05) is 0 Å². The Labute approximate surface area is 183 Å². The molecule has 30 heavy (non-hydrogen) atoms. The molecule has 0 radical (unpaired) electrons. The Kier molecular flexibility index (Phi) is 6.78. The molecule has 0 fully saturated rings. The molecule has 3 nitrogen and oxygen atoms in total. The zero-order chi connectivity index (χ0) is 22.8. The van der Waals surface area contributed by atoms with E-state index in [0.29, 0.717) is 0 Å². The second kappa shape index (κ2) is 8.47. The summed E-state index contributed by atoms with van der Waals surface area (Å²) in [6, 6.07) is 8.49. The van der Waals surface area contributed by atoms with Gasteiger partial charge in [0, 0.05) is 29.0 Å². The number of aromatic nitrogens is 2. The Morgan fingerprint density at radius 1 is 0.733 bits per heavy atom. The van der Waals surface area contributed by atoms with Gasteiger partial charge in [0.1, 0.15) is 0 Å². The maximum atomic E-state index is 6.03. The number of nitrogens with two attached hydrogens (primary N) is 1. The minimum Gasteiger partial charge on any atom is -0.322 e. The molecule has 0 aliphatic carbocycles. The van der Waals surface area contributed by atoms with E-state index in [4.69, 9.17) is 10.7 Å². The van der Waals surface area contributed by atoms with Crippen LogP contribution in [0, 0.1) is 5.41 Å². The third-order valence-corrected chi connectivity index (χ3v) is 6.07. The van der Waals surface area contributed by atoms with Crippen molar-refractivity contribution < 1.29 is 0 Å². The van der Waals surface area contributed by atoms with Crippen LogP contribution in [0.15, 0.2) is 48.8 Å². The lowest BCUT2D eigenvalue weighted by Crippen LogP contribution is -2.35. The van der Waals surface area contributed by atoms with Gasteiger partial charge in [-0.05, 0) is 54.0 Å². The fourth-order valence-corrected chi connectivity index (χ4v) is 2.96. The van der Waals surface area contributed by atoms with Gasteiger partial charge in [0.15, 0.2) is 0 Å². The molecule has 0 amide bonds. The zero-order valence-electron chi connectivity index (χ0n) is 20.2. The van der Waals surface area contributed by atoms with E-state index in [-0.39, 0.29) is 21.8 Å². The molecule has 2 heterocycles. The standard InChI is InChI=1S/C27H39N3/c1-24(2,3)21-11-12-22(29-19-21)15-16-25(4,5)27(8,9)23-13-10-20(18-30-23)14-17-26(6,7)28/h10-19H,28H2,1-9H3/b16-15+,17-14+. The van der Waals surface area contributed by atoms with Gasteiger partial charge in [-0.1, -0.05) is 78.8 Å². The van der Waals surface area contributed by atoms with E-state index in [1.807, 2.05) is 38.4 Å². The van der Waals surface area contributed by atoms with Gasteiger partial charge in [-0.15, -0.1) is 0 Å². The number of nitrogens with zero attached hydrogens (tertiary/aromatic N) is 2. The van der Waals surface area contributed by atoms with Crippen LogP contribution in [0.3, 0.4) is 0 Å². The molecular weight excluding hydrogens is 366 g/mol. The molecule has 2 aromatic rings. The minimum absolute atomic E-state index is 0.110. The molecule has 162 valence electrons. The summed E-state index contributed by atoms with van der Waals surface area (Å²) in [7, 11) is 0. The molecule has 3 heteroatoms. The van der Waals surface area contributed by atoms with Crippen LogP contribution in [0.4, 0.5) is 0 Å². The highest BCUT2D eigenvalue weighted by atomic mass is 14.7. The van der Waals surface area contributed by atoms with E-state index in [9.17, 15) is 0 Å². The summed E-state index contributed by atoms with van der Waals surface area (Å²) < 4.78 is 0. The third-order valence-electron chi connectivity index (χ3n) is 6.07. The quantitative estimate of drug-likeness (QED) is 0.593. The van der Waals surface area contributed by atoms with Gasteiger partial charge >= 0.3 is 0 Å². The first kappa shape index (κ1) is 24.0. The predicted octanol–water partition coefficient (Wildman–Crippen LogP) is 6.54. The van der Waals surface area contributed by atoms with Crippen molar-refractivity contribution in [3.8, 4) is 0 Å². The highest BCUT2D eigenvalue weighted by Crippen LogP contribution is 2.42. The first-order valence-corrected chi connectivity index (χ1v) is 10.7. The number of hydrogen-bond donors (Lipinski definition) is 1. The summed E-state index contributed by atoms with van der Waals surface area (Å²) in [5.41, 5.74) is 9.91. The van der Waals surface area contributed by atoms with Gasteiger partial charge in [0.25, 0.3) is 0 Å². The van der Waals surface area contributed by atoms with E-state index < -0.39 is 0 Å². The Balaban J connectivity index is 2.21. The van der Waals surface area contributed by atoms with E-state index >= 15 is 0 Å². The third kappa shape index (κ3) is 6.12. The molecule has 0 aliphatic heterocycles. The van der Waals surface area contributed by atoms with Crippen LogP contribution >= 0.6 is 0 Å². The van der Waals surface area contributed by atoms with Crippen LogP contribution < -0.4 is 5.73 Å². The molecule has 0 atom stereocenters. The van der Waals surface area contributed by atoms with Gasteiger partial charge in [-0.2, -0.15) is 0 Å². The van der Waals surface area contributed by atoms with Crippen LogP contribution in [0.25, 0.3) is 12.2 Å². The predicted molar refractivity (Wildman–Crippen MR) is 130 cm³/mol. The largest absolute Gasteiger partial charge is 0.322 e. The lowest BCUT2D eigenvalue weighted by Gasteiger charge is -2.39. The maximum Gasteiger partial charge on any atom is 0.0626 e. The number of pyridine rings is 2. The highest BCUT2D eigenvalue weighted by molar-refractivity contribution is 5.50. The van der Waals surface area contributed by atoms with Crippen molar-refractivity contribution in [1.82, 2.24) is 9.97 Å². The Morgan fingerprint density at radius 3 is 1.87 bits per heavy atom. The number of rotatable bonds is 6. The van der Waals surface area contributed by atoms with Crippen molar-refractivity contribution in [1.29, 1.82) is 0 Å². The summed E-state index contributed by atoms with van der Waals surface area (Å²) in [5.74, 6) is 0. The molecule has 0 saturated carbocycles. The normalized spacial score (nSPS) is 14.1. The van der Waals surface area contributed by atoms with Crippen molar-refractivity contribution >= 4 is 12.2 Å². The summed E-state index contributed by atoms with van der Waals surface area (Å²) >= 11 is 0. The second-order valence-corrected chi connectivity index (χ2v) is 11.0. The van der Waals surface area contributed by atoms with Gasteiger partial charge in [-0.25, -0.2) is 0 Å². The molecule has 0 spiro atoms. The Hall–Kier alpha value is -2.26. The van der Waals surface area contributed by atoms with Gasteiger partial charge in [0.05, 0.1) is 5.69 Å². The van der Waals surface area contributed by atoms with E-state index in [1.165, 1.54) is 5.56 Å². The van der Waals surface area contributed by atoms with Crippen LogP contribution in [0.1, 0.15) is 84.8 Å². The van der Waals surface area contributed by atoms with Crippen molar-refractivity contribution in [2.24, 2.45) is 11.1 Å². The smallest absolute Gasteiger partial charge is 0.0626 e. The van der Waals surface area contributed by atoms with Crippen molar-refractivity contribution in [3.63, 3.8) is 0 Å². The first-order valence-electron chi connectivity index (χ1n) is 10.7. The van der Waals surface area contributed by atoms with E-state index in [0.717, 1.165) is 17.0 Å². The molecule has 0 aromatic carbocycles. The van der Waals surface area contributed by atoms with Gasteiger partial charge in [0.2, 0.25) is 0 Å². The first-order chi connectivity index (χ1) is 13.6. The van der Waals surface area contributed by atoms with Crippen LogP contribution in [0.5, 0.6) is 0 Å². The molecule has 0 unspecified atom stereocenters. The topological polar surface area (TPSA) is 51.8 Å². The molecule has 0 bridgehead atoms. The van der Waals surface area contributed by atoms with Crippen molar-refractivity contribution in [2.45, 2.75) is 78.7 Å². The Bertz CT molecular complexity index is 885. The average Bonchev–Trinajstić information content (AvgIpc) is 2.64. The van der Waals surface area contributed by atoms with Crippen LogP contribution in [0.2, 0.25) is 0 Å². The lowest BCUT2D eigenvalue weighted by atomic mass is 9.65. The minimum atomic E-state index is -0.330. The fraction of sp³-hybridized carbons (Fsp3) is 0.481. The van der Waals surface area contributed by atoms with Crippen molar-refractivity contribution in [3.05, 3.63) is 71.3 Å². The van der Waals surface area contributed by atoms with Gasteiger partial charge < -0.3 is 5.73 Å². The summed E-state index contributed by atoms with van der Waals surface area (Å²) in [6.07, 6.45) is 12.3. The number of hydrogen-bond acceptors (Lipinski definition) is 3. The molecule has 2 N–H and O–H groups in total. The average molecular weight is 406 g/mol. The highest BCUT2D eigenvalue weighted by Gasteiger charge is 2.37. The monoisotopic (exact) mass is 405 g/mol. The van der Waals surface area contributed by atoms with E-state index in [2.05, 4.69) is 89.9 Å². The fourth-order valence-electron chi connectivity index (χ4n) is 2.96. The summed E-state index contributed by atoms with van der Waals surface area (Å²) in [4.78, 5) is 9.40. The van der Waals surface area contributed by atoms with Crippen LogP contribution in [-0.4, -0.2) is 15.5 Å². The van der Waals surface area contributed by atoms with E-state index in [1.54, 1.807) is 0 Å². The zero-order valence-corrected chi connectivity index (χ0v) is 20.2. The molecule has 0 aliphatic rings. The molecular formula is C27H39N3. The Morgan fingerprint density at radius 2 is 1.40 bits per heavy atom. The number of allylic oxidation sites excluding steroid dienone is 1. The SMILES string of the molecule is CC(C)(N)/C=C/c1ccc(C(C)(C)C(C)(C)/C=C/c2ccc(C(C)(C)C)cn2)nc1. The molecule has 0 saturated heterocycles. The summed E-state index contributed by atoms with van der Waals surface area (Å²) in [6.45, 7) is 19.6. The summed E-state index contributed by atoms with van der Waals surface area (Å²) in [5, 5.41) is 0. The second-order valence-electron chi connectivity index (χ2n) is 11.0. The molecule has 2 aromatic heterocycles.